The minimum absolute atomic E-state index is 0.0330. The number of rotatable bonds is 3. The summed E-state index contributed by atoms with van der Waals surface area (Å²) in [7, 11) is 0. The summed E-state index contributed by atoms with van der Waals surface area (Å²) in [5, 5.41) is 8.72. The highest BCUT2D eigenvalue weighted by atomic mass is 16.4. The first kappa shape index (κ1) is 9.38. The molecule has 0 fully saturated rings. The second-order valence-electron chi connectivity index (χ2n) is 2.50. The molecule has 0 saturated heterocycles. The van der Waals surface area contributed by atoms with Crippen molar-refractivity contribution < 1.29 is 14.7 Å². The first-order valence-corrected chi connectivity index (χ1v) is 3.87. The van der Waals surface area contributed by atoms with Gasteiger partial charge in [-0.05, 0) is 6.07 Å². The zero-order valence-corrected chi connectivity index (χ0v) is 7.15. The second-order valence-corrected chi connectivity index (χ2v) is 2.50. The van der Waals surface area contributed by atoms with Gasteiger partial charge in [0.2, 0.25) is 0 Å². The summed E-state index contributed by atoms with van der Waals surface area (Å²) in [5.41, 5.74) is 0.194. The second kappa shape index (κ2) is 3.80. The lowest BCUT2D eigenvalue weighted by Crippen LogP contribution is -2.07. The quantitative estimate of drug-likeness (QED) is 0.711. The Morgan fingerprint density at radius 2 is 2.15 bits per heavy atom. The number of aromatic nitrogens is 1. The van der Waals surface area contributed by atoms with Gasteiger partial charge in [-0.25, -0.2) is 4.79 Å². The molecule has 0 atom stereocenters. The molecular weight excluding hydrogens is 170 g/mol. The topological polar surface area (TPSA) is 67.3 Å². The standard InChI is InChI=1S/C9H9NO3/c1-2-8(11)6-3-4-10-5-7(6)9(12)13/h3-5H,2H2,1H3,(H,12,13). The van der Waals surface area contributed by atoms with Gasteiger partial charge in [0.1, 0.15) is 0 Å². The summed E-state index contributed by atoms with van der Waals surface area (Å²) >= 11 is 0. The van der Waals surface area contributed by atoms with Crippen molar-refractivity contribution in [2.75, 3.05) is 0 Å². The molecule has 1 aromatic heterocycles. The molecule has 0 aliphatic heterocycles. The minimum atomic E-state index is -1.12. The first-order valence-electron chi connectivity index (χ1n) is 3.87. The fourth-order valence-electron chi connectivity index (χ4n) is 0.998. The van der Waals surface area contributed by atoms with Crippen LogP contribution in [0.3, 0.4) is 0 Å². The van der Waals surface area contributed by atoms with Gasteiger partial charge in [-0.2, -0.15) is 0 Å². The maximum Gasteiger partial charge on any atom is 0.338 e. The molecular formula is C9H9NO3. The van der Waals surface area contributed by atoms with Crippen LogP contribution in [0.5, 0.6) is 0 Å². The van der Waals surface area contributed by atoms with Gasteiger partial charge in [0.05, 0.1) is 5.56 Å². The summed E-state index contributed by atoms with van der Waals surface area (Å²) in [6.07, 6.45) is 2.89. The van der Waals surface area contributed by atoms with E-state index >= 15 is 0 Å². The van der Waals surface area contributed by atoms with Crippen molar-refractivity contribution in [1.82, 2.24) is 4.98 Å². The Morgan fingerprint density at radius 3 is 2.69 bits per heavy atom. The number of carbonyl (C=O) groups is 2. The molecule has 0 aromatic carbocycles. The number of ketones is 1. The molecule has 1 N–H and O–H groups in total. The van der Waals surface area contributed by atoms with Crippen molar-refractivity contribution in [3.05, 3.63) is 29.6 Å². The molecule has 13 heavy (non-hydrogen) atoms. The highest BCUT2D eigenvalue weighted by Gasteiger charge is 2.14. The summed E-state index contributed by atoms with van der Waals surface area (Å²) in [4.78, 5) is 25.5. The Morgan fingerprint density at radius 1 is 1.46 bits per heavy atom. The van der Waals surface area contributed by atoms with Crippen molar-refractivity contribution in [3.8, 4) is 0 Å². The van der Waals surface area contributed by atoms with E-state index in [0.717, 1.165) is 0 Å². The number of pyridine rings is 1. The first-order chi connectivity index (χ1) is 6.16. The normalized spacial score (nSPS) is 9.62. The average Bonchev–Trinajstić information content (AvgIpc) is 2.16. The summed E-state index contributed by atoms with van der Waals surface area (Å²) < 4.78 is 0. The summed E-state index contributed by atoms with van der Waals surface area (Å²) in [6.45, 7) is 1.69. The highest BCUT2D eigenvalue weighted by molar-refractivity contribution is 6.05. The van der Waals surface area contributed by atoms with Crippen LogP contribution in [-0.4, -0.2) is 21.8 Å². The molecule has 0 spiro atoms. The van der Waals surface area contributed by atoms with E-state index in [1.54, 1.807) is 6.92 Å². The van der Waals surface area contributed by atoms with Crippen LogP contribution in [0, 0.1) is 0 Å². The van der Waals surface area contributed by atoms with Crippen molar-refractivity contribution in [2.24, 2.45) is 0 Å². The molecule has 0 unspecified atom stereocenters. The number of nitrogens with zero attached hydrogens (tertiary/aromatic N) is 1. The van der Waals surface area contributed by atoms with Crippen molar-refractivity contribution in [3.63, 3.8) is 0 Å². The molecule has 0 radical (unpaired) electrons. The van der Waals surface area contributed by atoms with Crippen LogP contribution in [-0.2, 0) is 0 Å². The van der Waals surface area contributed by atoms with Gasteiger partial charge in [-0.15, -0.1) is 0 Å². The monoisotopic (exact) mass is 179 g/mol. The van der Waals surface area contributed by atoms with E-state index in [9.17, 15) is 9.59 Å². The van der Waals surface area contributed by atoms with Gasteiger partial charge in [0.15, 0.2) is 5.78 Å². The van der Waals surface area contributed by atoms with Gasteiger partial charge in [0.25, 0.3) is 0 Å². The number of aromatic carboxylic acids is 1. The SMILES string of the molecule is CCC(=O)c1ccncc1C(=O)O. The Kier molecular flexibility index (Phi) is 2.74. The smallest absolute Gasteiger partial charge is 0.338 e. The maximum absolute atomic E-state index is 11.2. The summed E-state index contributed by atoms with van der Waals surface area (Å²) in [5.74, 6) is -1.30. The van der Waals surface area contributed by atoms with Crippen LogP contribution in [0.2, 0.25) is 0 Å². The van der Waals surface area contributed by atoms with E-state index in [-0.39, 0.29) is 16.9 Å². The molecule has 0 aliphatic carbocycles. The van der Waals surface area contributed by atoms with E-state index in [2.05, 4.69) is 4.98 Å². The number of hydrogen-bond donors (Lipinski definition) is 1. The largest absolute Gasteiger partial charge is 0.478 e. The molecule has 1 heterocycles. The Bertz CT molecular complexity index is 346. The lowest BCUT2D eigenvalue weighted by atomic mass is 10.1. The van der Waals surface area contributed by atoms with Crippen LogP contribution in [0.1, 0.15) is 34.1 Å². The molecule has 68 valence electrons. The summed E-state index contributed by atoms with van der Waals surface area (Å²) in [6, 6.07) is 1.43. The van der Waals surface area contributed by atoms with Crippen LogP contribution >= 0.6 is 0 Å². The fourth-order valence-corrected chi connectivity index (χ4v) is 0.998. The van der Waals surface area contributed by atoms with Crippen LogP contribution < -0.4 is 0 Å². The third kappa shape index (κ3) is 1.90. The molecule has 0 amide bonds. The molecule has 1 aromatic rings. The van der Waals surface area contributed by atoms with E-state index in [1.165, 1.54) is 18.5 Å². The number of carboxylic acid groups (broad SMARTS) is 1. The van der Waals surface area contributed by atoms with Crippen LogP contribution in [0.4, 0.5) is 0 Å². The minimum Gasteiger partial charge on any atom is -0.478 e. The van der Waals surface area contributed by atoms with E-state index in [4.69, 9.17) is 5.11 Å². The Labute approximate surface area is 75.2 Å². The maximum atomic E-state index is 11.2. The third-order valence-electron chi connectivity index (χ3n) is 1.67. The Hall–Kier alpha value is -1.71. The van der Waals surface area contributed by atoms with E-state index in [1.807, 2.05) is 0 Å². The lowest BCUT2D eigenvalue weighted by Gasteiger charge is -2.01. The van der Waals surface area contributed by atoms with Crippen LogP contribution in [0.25, 0.3) is 0 Å². The number of carbonyl (C=O) groups excluding carboxylic acids is 1. The van der Waals surface area contributed by atoms with E-state index in [0.29, 0.717) is 6.42 Å². The molecule has 0 saturated carbocycles. The molecule has 1 rings (SSSR count). The molecule has 4 heteroatoms. The van der Waals surface area contributed by atoms with Crippen molar-refractivity contribution >= 4 is 11.8 Å². The van der Waals surface area contributed by atoms with Crippen molar-refractivity contribution in [2.45, 2.75) is 13.3 Å². The number of carboxylic acids is 1. The van der Waals surface area contributed by atoms with Gasteiger partial charge >= 0.3 is 5.97 Å². The van der Waals surface area contributed by atoms with Gasteiger partial charge in [-0.3, -0.25) is 9.78 Å². The number of hydrogen-bond acceptors (Lipinski definition) is 3. The van der Waals surface area contributed by atoms with Crippen molar-refractivity contribution in [1.29, 1.82) is 0 Å². The molecule has 0 aliphatic rings. The Balaban J connectivity index is 3.19. The zero-order valence-electron chi connectivity index (χ0n) is 7.15. The third-order valence-corrected chi connectivity index (χ3v) is 1.67. The molecule has 0 bridgehead atoms. The predicted molar refractivity (Wildman–Crippen MR) is 45.8 cm³/mol. The van der Waals surface area contributed by atoms with E-state index < -0.39 is 5.97 Å². The zero-order chi connectivity index (χ0) is 9.84. The highest BCUT2D eigenvalue weighted by Crippen LogP contribution is 2.09. The van der Waals surface area contributed by atoms with Crippen LogP contribution in [0.15, 0.2) is 18.5 Å². The number of Topliss-reactive ketones (excluding diaryl/α,β-unsaturated/α-hetero) is 1. The fraction of sp³-hybridized carbons (Fsp3) is 0.222. The van der Waals surface area contributed by atoms with Gasteiger partial charge in [-0.1, -0.05) is 6.92 Å². The average molecular weight is 179 g/mol. The predicted octanol–water partition coefficient (Wildman–Crippen LogP) is 1.37. The van der Waals surface area contributed by atoms with Gasteiger partial charge < -0.3 is 5.11 Å². The van der Waals surface area contributed by atoms with Gasteiger partial charge in [0, 0.05) is 24.4 Å². The molecule has 4 nitrogen and oxygen atoms in total. The lowest BCUT2D eigenvalue weighted by molar-refractivity contribution is 0.0691.